The van der Waals surface area contributed by atoms with Crippen molar-refractivity contribution in [3.63, 3.8) is 0 Å². The zero-order valence-electron chi connectivity index (χ0n) is 10.2. The number of nitrogens with zero attached hydrogens (tertiary/aromatic N) is 3. The van der Waals surface area contributed by atoms with Gasteiger partial charge >= 0.3 is 0 Å². The number of aromatic nitrogens is 1. The lowest BCUT2D eigenvalue weighted by Crippen LogP contribution is -2.48. The average Bonchev–Trinajstić information content (AvgIpc) is 2.45. The Morgan fingerprint density at radius 3 is 3.22 bits per heavy atom. The number of hydrogen-bond acceptors (Lipinski definition) is 5. The van der Waals surface area contributed by atoms with Gasteiger partial charge in [0.15, 0.2) is 5.84 Å². The topological polar surface area (TPSA) is 84.0 Å². The predicted molar refractivity (Wildman–Crippen MR) is 67.5 cm³/mol. The first-order valence-corrected chi connectivity index (χ1v) is 6.01. The number of ether oxygens (including phenoxy) is 1. The molecule has 0 saturated carbocycles. The third kappa shape index (κ3) is 3.41. The number of rotatable bonds is 4. The van der Waals surface area contributed by atoms with E-state index in [9.17, 15) is 0 Å². The molecule has 6 heteroatoms. The molecule has 0 aromatic carbocycles. The van der Waals surface area contributed by atoms with Crippen molar-refractivity contribution in [2.75, 3.05) is 26.2 Å². The van der Waals surface area contributed by atoms with Crippen LogP contribution in [-0.4, -0.2) is 53.3 Å². The Bertz CT molecular complexity index is 396. The van der Waals surface area contributed by atoms with Gasteiger partial charge in [-0.25, -0.2) is 0 Å². The van der Waals surface area contributed by atoms with E-state index in [1.807, 2.05) is 18.2 Å². The molecule has 0 amide bonds. The molecule has 98 valence electrons. The Morgan fingerprint density at radius 2 is 2.50 bits per heavy atom. The third-order valence-electron chi connectivity index (χ3n) is 3.01. The second kappa shape index (κ2) is 6.32. The van der Waals surface area contributed by atoms with Gasteiger partial charge in [0, 0.05) is 37.9 Å². The van der Waals surface area contributed by atoms with Gasteiger partial charge in [0.05, 0.1) is 6.61 Å². The fraction of sp³-hybridized carbons (Fsp3) is 0.500. The van der Waals surface area contributed by atoms with E-state index >= 15 is 0 Å². The Morgan fingerprint density at radius 1 is 1.61 bits per heavy atom. The van der Waals surface area contributed by atoms with Crippen LogP contribution in [0.1, 0.15) is 5.69 Å². The van der Waals surface area contributed by atoms with Gasteiger partial charge in [-0.15, -0.1) is 0 Å². The van der Waals surface area contributed by atoms with Crippen molar-refractivity contribution < 1.29 is 9.94 Å². The summed E-state index contributed by atoms with van der Waals surface area (Å²) in [5.74, 6) is 0.137. The molecule has 0 radical (unpaired) electrons. The highest BCUT2D eigenvalue weighted by molar-refractivity contribution is 5.84. The Labute approximate surface area is 106 Å². The summed E-state index contributed by atoms with van der Waals surface area (Å²) in [5.41, 5.74) is 6.63. The molecular weight excluding hydrogens is 232 g/mol. The first kappa shape index (κ1) is 12.8. The van der Waals surface area contributed by atoms with Crippen LogP contribution < -0.4 is 5.73 Å². The highest BCUT2D eigenvalue weighted by Gasteiger charge is 2.23. The number of amidine groups is 1. The fourth-order valence-electron chi connectivity index (χ4n) is 1.97. The summed E-state index contributed by atoms with van der Waals surface area (Å²) in [4.78, 5) is 6.52. The smallest absolute Gasteiger partial charge is 0.169 e. The van der Waals surface area contributed by atoms with Crippen molar-refractivity contribution in [1.29, 1.82) is 0 Å². The maximum Gasteiger partial charge on any atom is 0.169 e. The molecule has 1 aliphatic heterocycles. The lowest BCUT2D eigenvalue weighted by atomic mass is 10.2. The SMILES string of the molecule is NC(=NO)C1CN(CCc2ccccn2)CCO1. The van der Waals surface area contributed by atoms with Crippen LogP contribution in [0, 0.1) is 0 Å². The van der Waals surface area contributed by atoms with Crippen molar-refractivity contribution in [3.05, 3.63) is 30.1 Å². The third-order valence-corrected chi connectivity index (χ3v) is 3.01. The molecule has 0 bridgehead atoms. The molecule has 1 fully saturated rings. The van der Waals surface area contributed by atoms with E-state index in [1.165, 1.54) is 0 Å². The molecule has 0 aliphatic carbocycles. The van der Waals surface area contributed by atoms with Crippen molar-refractivity contribution in [2.45, 2.75) is 12.5 Å². The zero-order valence-corrected chi connectivity index (χ0v) is 10.2. The van der Waals surface area contributed by atoms with Crippen molar-refractivity contribution in [1.82, 2.24) is 9.88 Å². The summed E-state index contributed by atoms with van der Waals surface area (Å²) >= 11 is 0. The molecule has 3 N–H and O–H groups in total. The number of oxime groups is 1. The molecule has 18 heavy (non-hydrogen) atoms. The van der Waals surface area contributed by atoms with E-state index in [0.717, 1.165) is 25.2 Å². The first-order chi connectivity index (χ1) is 8.79. The lowest BCUT2D eigenvalue weighted by molar-refractivity contribution is 0.00510. The minimum atomic E-state index is -0.313. The summed E-state index contributed by atoms with van der Waals surface area (Å²) in [6.45, 7) is 3.02. The number of nitrogens with two attached hydrogens (primary N) is 1. The fourth-order valence-corrected chi connectivity index (χ4v) is 1.97. The Kier molecular flexibility index (Phi) is 4.49. The summed E-state index contributed by atoms with van der Waals surface area (Å²) in [5, 5.41) is 11.6. The molecule has 1 atom stereocenters. The summed E-state index contributed by atoms with van der Waals surface area (Å²) in [6, 6.07) is 5.91. The van der Waals surface area contributed by atoms with Gasteiger partial charge in [0.1, 0.15) is 6.10 Å². The van der Waals surface area contributed by atoms with Crippen LogP contribution in [0.3, 0.4) is 0 Å². The number of hydrogen-bond donors (Lipinski definition) is 2. The summed E-state index contributed by atoms with van der Waals surface area (Å²) in [7, 11) is 0. The van der Waals surface area contributed by atoms with Crippen LogP contribution in [0.25, 0.3) is 0 Å². The van der Waals surface area contributed by atoms with Crippen LogP contribution >= 0.6 is 0 Å². The van der Waals surface area contributed by atoms with Crippen molar-refractivity contribution >= 4 is 5.84 Å². The highest BCUT2D eigenvalue weighted by atomic mass is 16.5. The van der Waals surface area contributed by atoms with Gasteiger partial charge in [-0.3, -0.25) is 9.88 Å². The predicted octanol–water partition coefficient (Wildman–Crippen LogP) is 0.0713. The van der Waals surface area contributed by atoms with Gasteiger partial charge in [0.25, 0.3) is 0 Å². The van der Waals surface area contributed by atoms with E-state index in [4.69, 9.17) is 15.7 Å². The van der Waals surface area contributed by atoms with Gasteiger partial charge in [-0.2, -0.15) is 0 Å². The Hall–Kier alpha value is -1.66. The molecule has 1 unspecified atom stereocenters. The van der Waals surface area contributed by atoms with Crippen molar-refractivity contribution in [3.8, 4) is 0 Å². The van der Waals surface area contributed by atoms with E-state index in [2.05, 4.69) is 15.0 Å². The number of pyridine rings is 1. The highest BCUT2D eigenvalue weighted by Crippen LogP contribution is 2.06. The molecule has 1 saturated heterocycles. The van der Waals surface area contributed by atoms with E-state index in [0.29, 0.717) is 13.2 Å². The van der Waals surface area contributed by atoms with Gasteiger partial charge in [-0.05, 0) is 12.1 Å². The maximum absolute atomic E-state index is 8.64. The van der Waals surface area contributed by atoms with E-state index in [-0.39, 0.29) is 11.9 Å². The normalized spacial score (nSPS) is 22.0. The summed E-state index contributed by atoms with van der Waals surface area (Å²) < 4.78 is 5.44. The molecule has 1 aliphatic rings. The zero-order chi connectivity index (χ0) is 12.8. The second-order valence-electron chi connectivity index (χ2n) is 4.26. The molecule has 6 nitrogen and oxygen atoms in total. The molecule has 1 aromatic heterocycles. The lowest BCUT2D eigenvalue weighted by Gasteiger charge is -2.31. The molecule has 0 spiro atoms. The van der Waals surface area contributed by atoms with E-state index in [1.54, 1.807) is 6.20 Å². The maximum atomic E-state index is 8.64. The van der Waals surface area contributed by atoms with Crippen LogP contribution in [-0.2, 0) is 11.2 Å². The first-order valence-electron chi connectivity index (χ1n) is 6.01. The minimum Gasteiger partial charge on any atom is -0.409 e. The monoisotopic (exact) mass is 250 g/mol. The largest absolute Gasteiger partial charge is 0.409 e. The van der Waals surface area contributed by atoms with E-state index < -0.39 is 0 Å². The van der Waals surface area contributed by atoms with Gasteiger partial charge in [-0.1, -0.05) is 11.2 Å². The second-order valence-corrected chi connectivity index (χ2v) is 4.26. The van der Waals surface area contributed by atoms with Crippen LogP contribution in [0.4, 0.5) is 0 Å². The van der Waals surface area contributed by atoms with Gasteiger partial charge < -0.3 is 15.7 Å². The summed E-state index contributed by atoms with van der Waals surface area (Å²) in [6.07, 6.45) is 2.38. The standard InChI is InChI=1S/C12H18N4O2/c13-12(15-17)11-9-16(7-8-18-11)6-4-10-3-1-2-5-14-10/h1-3,5,11,17H,4,6-9H2,(H2,13,15). The quantitative estimate of drug-likeness (QED) is 0.342. The Balaban J connectivity index is 1.83. The van der Waals surface area contributed by atoms with Crippen LogP contribution in [0.2, 0.25) is 0 Å². The molecule has 2 heterocycles. The van der Waals surface area contributed by atoms with Crippen LogP contribution in [0.15, 0.2) is 29.6 Å². The minimum absolute atomic E-state index is 0.137. The van der Waals surface area contributed by atoms with Crippen LogP contribution in [0.5, 0.6) is 0 Å². The van der Waals surface area contributed by atoms with Crippen molar-refractivity contribution in [2.24, 2.45) is 10.9 Å². The number of morpholine rings is 1. The molecule has 2 rings (SSSR count). The average molecular weight is 250 g/mol. The van der Waals surface area contributed by atoms with Gasteiger partial charge in [0.2, 0.25) is 0 Å². The molecular formula is C12H18N4O2. The molecule has 1 aromatic rings.